The minimum absolute atomic E-state index is 0.105. The van der Waals surface area contributed by atoms with E-state index in [1.165, 1.54) is 12.7 Å². The Morgan fingerprint density at radius 3 is 2.66 bits per heavy atom. The van der Waals surface area contributed by atoms with Crippen LogP contribution in [-0.2, 0) is 6.42 Å². The van der Waals surface area contributed by atoms with Crippen LogP contribution in [0.4, 0.5) is 5.69 Å². The first kappa shape index (κ1) is 17.7. The highest BCUT2D eigenvalue weighted by Gasteiger charge is 2.24. The Morgan fingerprint density at radius 1 is 1.14 bits per heavy atom. The maximum absolute atomic E-state index is 13.4. The maximum Gasteiger partial charge on any atom is 0.276 e. The summed E-state index contributed by atoms with van der Waals surface area (Å²) in [5.41, 5.74) is 4.88. The van der Waals surface area contributed by atoms with E-state index in [1.54, 1.807) is 10.7 Å². The van der Waals surface area contributed by atoms with E-state index in [9.17, 15) is 4.79 Å². The van der Waals surface area contributed by atoms with Crippen molar-refractivity contribution >= 4 is 11.3 Å². The van der Waals surface area contributed by atoms with Crippen molar-refractivity contribution in [2.45, 2.75) is 32.6 Å². The molecule has 5 rings (SSSR count). The Hall–Kier alpha value is -3.35. The number of nitrogens with zero attached hydrogens (tertiary/aromatic N) is 4. The lowest BCUT2D eigenvalue weighted by Crippen LogP contribution is -2.30. The standard InChI is InChI=1S/C22H23N5O2/c1-15-17(14-18-23-10-13-29-18)22(28)27-21(24-15)20(26-11-6-3-7-12-26)19(25-27)16-8-4-2-5-9-16/h2,4-5,8-10,13,25H,3,6-7,11-12,14H2,1H3. The number of fused-ring (bicyclic) bond motifs is 1. The van der Waals surface area contributed by atoms with Crippen LogP contribution < -0.4 is 10.5 Å². The van der Waals surface area contributed by atoms with Gasteiger partial charge < -0.3 is 9.32 Å². The first-order valence-electron chi connectivity index (χ1n) is 10.1. The minimum Gasteiger partial charge on any atom is -0.449 e. The molecule has 0 unspecified atom stereocenters. The van der Waals surface area contributed by atoms with Crippen LogP contribution in [-0.4, -0.2) is 32.7 Å². The van der Waals surface area contributed by atoms with Crippen molar-refractivity contribution in [3.8, 4) is 11.3 Å². The quantitative estimate of drug-likeness (QED) is 0.577. The highest BCUT2D eigenvalue weighted by molar-refractivity contribution is 5.86. The Kier molecular flexibility index (Phi) is 4.42. The fourth-order valence-electron chi connectivity index (χ4n) is 4.12. The number of hydrogen-bond donors (Lipinski definition) is 1. The van der Waals surface area contributed by atoms with Crippen molar-refractivity contribution in [1.82, 2.24) is 19.6 Å². The van der Waals surface area contributed by atoms with Gasteiger partial charge in [0.25, 0.3) is 5.56 Å². The molecule has 7 heteroatoms. The van der Waals surface area contributed by atoms with Crippen LogP contribution in [0.5, 0.6) is 0 Å². The van der Waals surface area contributed by atoms with E-state index in [0.717, 1.165) is 42.9 Å². The fourth-order valence-corrected chi connectivity index (χ4v) is 4.12. The molecule has 1 saturated heterocycles. The first-order chi connectivity index (χ1) is 14.2. The number of anilines is 1. The predicted molar refractivity (Wildman–Crippen MR) is 111 cm³/mol. The number of nitrogens with one attached hydrogen (secondary N) is 1. The molecule has 4 aromatic rings. The van der Waals surface area contributed by atoms with E-state index in [4.69, 9.17) is 9.40 Å². The minimum atomic E-state index is -0.105. The summed E-state index contributed by atoms with van der Waals surface area (Å²) in [6.07, 6.45) is 6.97. The third kappa shape index (κ3) is 3.12. The highest BCUT2D eigenvalue weighted by atomic mass is 16.3. The monoisotopic (exact) mass is 389 g/mol. The SMILES string of the molecule is Cc1nc2c(N3CCCCC3)c(-c3ccccc3)[nH]n2c(=O)c1Cc1ncco1. The van der Waals surface area contributed by atoms with E-state index >= 15 is 0 Å². The van der Waals surface area contributed by atoms with E-state index in [1.807, 2.05) is 25.1 Å². The van der Waals surface area contributed by atoms with E-state index in [0.29, 0.717) is 29.2 Å². The number of aryl methyl sites for hydroxylation is 1. The summed E-state index contributed by atoms with van der Waals surface area (Å²) >= 11 is 0. The number of H-pyrrole nitrogens is 1. The maximum atomic E-state index is 13.4. The van der Waals surface area contributed by atoms with Crippen LogP contribution in [0.2, 0.25) is 0 Å². The van der Waals surface area contributed by atoms with Gasteiger partial charge in [-0.05, 0) is 26.2 Å². The molecule has 0 spiro atoms. The molecule has 1 aliphatic rings. The summed E-state index contributed by atoms with van der Waals surface area (Å²) in [6.45, 7) is 3.83. The lowest BCUT2D eigenvalue weighted by atomic mass is 10.1. The Morgan fingerprint density at radius 2 is 1.93 bits per heavy atom. The molecular formula is C22H23N5O2. The first-order valence-corrected chi connectivity index (χ1v) is 10.1. The van der Waals surface area contributed by atoms with Crippen LogP contribution >= 0.6 is 0 Å². The second kappa shape index (κ2) is 7.24. The molecule has 1 aromatic carbocycles. The van der Waals surface area contributed by atoms with Crippen LogP contribution in [0.1, 0.15) is 36.4 Å². The molecule has 0 radical (unpaired) electrons. The van der Waals surface area contributed by atoms with Crippen molar-refractivity contribution < 1.29 is 4.42 Å². The number of oxazole rings is 1. The number of aromatic amines is 1. The van der Waals surface area contributed by atoms with Gasteiger partial charge in [-0.15, -0.1) is 0 Å². The van der Waals surface area contributed by atoms with E-state index in [2.05, 4.69) is 27.1 Å². The second-order valence-corrected chi connectivity index (χ2v) is 7.49. The summed E-state index contributed by atoms with van der Waals surface area (Å²) < 4.78 is 6.93. The molecule has 148 valence electrons. The topological polar surface area (TPSA) is 79.4 Å². The fraction of sp³-hybridized carbons (Fsp3) is 0.318. The van der Waals surface area contributed by atoms with Gasteiger partial charge in [-0.1, -0.05) is 30.3 Å². The predicted octanol–water partition coefficient (Wildman–Crippen LogP) is 3.57. The van der Waals surface area contributed by atoms with Crippen LogP contribution in [0.15, 0.2) is 52.0 Å². The molecule has 1 fully saturated rings. The zero-order chi connectivity index (χ0) is 19.8. The third-order valence-electron chi connectivity index (χ3n) is 5.60. The second-order valence-electron chi connectivity index (χ2n) is 7.49. The van der Waals surface area contributed by atoms with Gasteiger partial charge in [0.05, 0.1) is 18.3 Å². The molecule has 1 aliphatic heterocycles. The van der Waals surface area contributed by atoms with Gasteiger partial charge >= 0.3 is 0 Å². The lowest BCUT2D eigenvalue weighted by Gasteiger charge is -2.28. The molecule has 3 aromatic heterocycles. The summed E-state index contributed by atoms with van der Waals surface area (Å²) in [4.78, 5) is 24.7. The average molecular weight is 389 g/mol. The Labute approximate surface area is 168 Å². The van der Waals surface area contributed by atoms with Crippen molar-refractivity contribution in [2.24, 2.45) is 0 Å². The van der Waals surface area contributed by atoms with Gasteiger partial charge in [-0.25, -0.2) is 9.97 Å². The summed E-state index contributed by atoms with van der Waals surface area (Å²) in [5.74, 6) is 0.512. The molecule has 29 heavy (non-hydrogen) atoms. The van der Waals surface area contributed by atoms with Crippen LogP contribution in [0.25, 0.3) is 16.9 Å². The number of benzene rings is 1. The van der Waals surface area contributed by atoms with Gasteiger partial charge in [0.1, 0.15) is 12.0 Å². The number of aromatic nitrogens is 4. The van der Waals surface area contributed by atoms with E-state index in [-0.39, 0.29) is 5.56 Å². The zero-order valence-corrected chi connectivity index (χ0v) is 16.4. The normalized spacial score (nSPS) is 14.6. The Bertz CT molecular complexity index is 1190. The summed E-state index contributed by atoms with van der Waals surface area (Å²) in [5, 5.41) is 3.34. The summed E-state index contributed by atoms with van der Waals surface area (Å²) in [7, 11) is 0. The molecular weight excluding hydrogens is 366 g/mol. The van der Waals surface area contributed by atoms with Crippen molar-refractivity contribution in [1.29, 1.82) is 0 Å². The van der Waals surface area contributed by atoms with E-state index < -0.39 is 0 Å². The van der Waals surface area contributed by atoms with Gasteiger partial charge in [0.2, 0.25) is 0 Å². The average Bonchev–Trinajstić information content (AvgIpc) is 3.40. The smallest absolute Gasteiger partial charge is 0.276 e. The third-order valence-corrected chi connectivity index (χ3v) is 5.60. The zero-order valence-electron chi connectivity index (χ0n) is 16.4. The molecule has 0 amide bonds. The lowest BCUT2D eigenvalue weighted by molar-refractivity contribution is 0.505. The molecule has 1 N–H and O–H groups in total. The molecule has 7 nitrogen and oxygen atoms in total. The van der Waals surface area contributed by atoms with Gasteiger partial charge in [0, 0.05) is 29.9 Å². The van der Waals surface area contributed by atoms with Crippen molar-refractivity contribution in [2.75, 3.05) is 18.0 Å². The molecule has 0 atom stereocenters. The number of piperidine rings is 1. The number of rotatable bonds is 4. The largest absolute Gasteiger partial charge is 0.449 e. The number of hydrogen-bond acceptors (Lipinski definition) is 5. The molecule has 0 bridgehead atoms. The Balaban J connectivity index is 1.73. The molecule has 4 heterocycles. The summed E-state index contributed by atoms with van der Waals surface area (Å²) in [6, 6.07) is 10.1. The highest BCUT2D eigenvalue weighted by Crippen LogP contribution is 2.34. The van der Waals surface area contributed by atoms with Crippen LogP contribution in [0.3, 0.4) is 0 Å². The van der Waals surface area contributed by atoms with Gasteiger partial charge in [-0.3, -0.25) is 9.89 Å². The van der Waals surface area contributed by atoms with Crippen LogP contribution in [0, 0.1) is 6.92 Å². The van der Waals surface area contributed by atoms with Crippen molar-refractivity contribution in [3.63, 3.8) is 0 Å². The van der Waals surface area contributed by atoms with Gasteiger partial charge in [0.15, 0.2) is 11.5 Å². The molecule has 0 saturated carbocycles. The van der Waals surface area contributed by atoms with Crippen molar-refractivity contribution in [3.05, 3.63) is 70.3 Å². The van der Waals surface area contributed by atoms with Gasteiger partial charge in [-0.2, -0.15) is 4.52 Å². The molecule has 0 aliphatic carbocycles.